The zero-order valence-electron chi connectivity index (χ0n) is 17.8. The summed E-state index contributed by atoms with van der Waals surface area (Å²) in [7, 11) is 0. The van der Waals surface area contributed by atoms with E-state index in [1.165, 1.54) is 6.92 Å². The van der Waals surface area contributed by atoms with Gasteiger partial charge in [-0.15, -0.1) is 0 Å². The van der Waals surface area contributed by atoms with Crippen molar-refractivity contribution in [2.75, 3.05) is 6.61 Å². The molecule has 16 nitrogen and oxygen atoms in total. The molecule has 3 saturated heterocycles. The summed E-state index contributed by atoms with van der Waals surface area (Å²) in [6.07, 6.45) is -26.4. The second-order valence-electron chi connectivity index (χ2n) is 8.36. The van der Waals surface area contributed by atoms with Crippen molar-refractivity contribution >= 4 is 5.97 Å². The lowest BCUT2D eigenvalue weighted by Gasteiger charge is -2.47. The summed E-state index contributed by atoms with van der Waals surface area (Å²) in [5.41, 5.74) is 0. The van der Waals surface area contributed by atoms with Crippen LogP contribution in [0.2, 0.25) is 0 Å². The lowest BCUT2D eigenvalue weighted by Crippen LogP contribution is -2.66. The minimum Gasteiger partial charge on any atom is -0.479 e. The highest BCUT2D eigenvalue weighted by Crippen LogP contribution is 2.32. The average molecular weight is 502 g/mol. The van der Waals surface area contributed by atoms with Crippen LogP contribution >= 0.6 is 0 Å². The van der Waals surface area contributed by atoms with Gasteiger partial charge >= 0.3 is 5.97 Å². The Kier molecular flexibility index (Phi) is 8.81. The first-order valence-electron chi connectivity index (χ1n) is 10.4. The van der Waals surface area contributed by atoms with Crippen molar-refractivity contribution in [3.05, 3.63) is 0 Å². The molecule has 0 aliphatic carbocycles. The lowest BCUT2D eigenvalue weighted by atomic mass is 9.96. The molecule has 3 aliphatic heterocycles. The Labute approximate surface area is 192 Å². The monoisotopic (exact) mass is 502 g/mol. The molecule has 0 radical (unpaired) electrons. The Morgan fingerprint density at radius 1 is 0.706 bits per heavy atom. The summed E-state index contributed by atoms with van der Waals surface area (Å²) in [4.78, 5) is 11.3. The summed E-state index contributed by atoms with van der Waals surface area (Å²) in [5, 5.41) is 100.0. The summed E-state index contributed by atoms with van der Waals surface area (Å²) in [6.45, 7) is 0.541. The van der Waals surface area contributed by atoms with Gasteiger partial charge in [0, 0.05) is 0 Å². The Hall–Kier alpha value is -1.09. The number of ether oxygens (including phenoxy) is 5. The molecule has 10 N–H and O–H groups in total. The molecule has 0 saturated carbocycles. The van der Waals surface area contributed by atoms with E-state index in [0.717, 1.165) is 0 Å². The number of aliphatic hydroxyl groups excluding tert-OH is 9. The van der Waals surface area contributed by atoms with Crippen molar-refractivity contribution in [1.82, 2.24) is 0 Å². The van der Waals surface area contributed by atoms with Gasteiger partial charge in [-0.3, -0.25) is 0 Å². The Balaban J connectivity index is 1.79. The van der Waals surface area contributed by atoms with Crippen LogP contribution in [0.1, 0.15) is 6.92 Å². The average Bonchev–Trinajstić information content (AvgIpc) is 2.79. The van der Waals surface area contributed by atoms with Gasteiger partial charge in [-0.1, -0.05) is 0 Å². The highest BCUT2D eigenvalue weighted by Gasteiger charge is 2.54. The number of carboxylic acid groups (broad SMARTS) is 1. The highest BCUT2D eigenvalue weighted by atomic mass is 16.7. The van der Waals surface area contributed by atoms with Crippen LogP contribution in [0.15, 0.2) is 0 Å². The summed E-state index contributed by atoms with van der Waals surface area (Å²) in [6, 6.07) is 0. The number of rotatable bonds is 6. The van der Waals surface area contributed by atoms with Crippen molar-refractivity contribution in [2.45, 2.75) is 99.0 Å². The van der Waals surface area contributed by atoms with E-state index in [0.29, 0.717) is 0 Å². The van der Waals surface area contributed by atoms with Gasteiger partial charge in [0.2, 0.25) is 0 Å². The van der Waals surface area contributed by atoms with Crippen LogP contribution in [0.3, 0.4) is 0 Å². The van der Waals surface area contributed by atoms with E-state index in [-0.39, 0.29) is 0 Å². The molecule has 3 aliphatic rings. The van der Waals surface area contributed by atoms with Crippen molar-refractivity contribution < 1.29 is 79.5 Å². The summed E-state index contributed by atoms with van der Waals surface area (Å²) >= 11 is 0. The minimum atomic E-state index is -2.02. The van der Waals surface area contributed by atoms with Crippen LogP contribution in [0, 0.1) is 0 Å². The second-order valence-corrected chi connectivity index (χ2v) is 8.36. The van der Waals surface area contributed by atoms with E-state index in [2.05, 4.69) is 0 Å². The van der Waals surface area contributed by atoms with Crippen LogP contribution in [-0.2, 0) is 28.5 Å². The standard InChI is InChI=1S/C18H30O16/c1-3-5(20)12(10(25)16(29)30-3)32-18-11(26)13(6(21)4(2-19)31-18)33-17-9(24)7(22)8(23)14(34-17)15(27)28/h3-14,16-26,29H,2H2,1H3,(H,27,28)/t3-,4+,5+,6-,7-,8-,9+,10-,11+,12+,13-,14-,16+,17+,18+/m0/s1. The SMILES string of the molecule is C[C@@H]1O[C@@H](O)[C@@H](O)[C@H](O[C@H]2O[C@H](CO)[C@H](O)[C@H](O[C@@H]3O[C@H](C(=O)O)[C@@H](O)[C@H](O)[C@H]3O)[C@H]2O)[C@@H]1O. The normalized spacial score (nSPS) is 52.4. The predicted molar refractivity (Wildman–Crippen MR) is 100 cm³/mol. The number of hydrogen-bond acceptors (Lipinski definition) is 15. The molecular formula is C18H30O16. The molecule has 3 fully saturated rings. The van der Waals surface area contributed by atoms with Crippen molar-refractivity contribution in [3.8, 4) is 0 Å². The van der Waals surface area contributed by atoms with Gasteiger partial charge in [-0.05, 0) is 6.92 Å². The zero-order valence-corrected chi connectivity index (χ0v) is 17.8. The Morgan fingerprint density at radius 3 is 1.82 bits per heavy atom. The van der Waals surface area contributed by atoms with Crippen molar-refractivity contribution in [3.63, 3.8) is 0 Å². The molecule has 0 unspecified atom stereocenters. The second kappa shape index (κ2) is 10.9. The number of aliphatic hydroxyl groups is 9. The molecule has 0 aromatic rings. The van der Waals surface area contributed by atoms with Gasteiger partial charge in [0.25, 0.3) is 0 Å². The van der Waals surface area contributed by atoms with E-state index in [4.69, 9.17) is 28.8 Å². The lowest BCUT2D eigenvalue weighted by molar-refractivity contribution is -0.376. The first-order chi connectivity index (χ1) is 15.9. The van der Waals surface area contributed by atoms with Gasteiger partial charge in [-0.25, -0.2) is 4.79 Å². The maximum absolute atomic E-state index is 11.3. The number of carboxylic acids is 1. The van der Waals surface area contributed by atoms with E-state index in [1.54, 1.807) is 0 Å². The van der Waals surface area contributed by atoms with Crippen LogP contribution in [0.5, 0.6) is 0 Å². The predicted octanol–water partition coefficient (Wildman–Crippen LogP) is -6.45. The van der Waals surface area contributed by atoms with Crippen molar-refractivity contribution in [2.24, 2.45) is 0 Å². The fourth-order valence-corrected chi connectivity index (χ4v) is 3.97. The van der Waals surface area contributed by atoms with Gasteiger partial charge in [0.15, 0.2) is 25.0 Å². The van der Waals surface area contributed by atoms with Crippen molar-refractivity contribution in [1.29, 1.82) is 0 Å². The molecule has 0 aromatic heterocycles. The van der Waals surface area contributed by atoms with Gasteiger partial charge in [-0.2, -0.15) is 0 Å². The summed E-state index contributed by atoms with van der Waals surface area (Å²) in [5.74, 6) is -1.69. The molecule has 0 aromatic carbocycles. The maximum Gasteiger partial charge on any atom is 0.335 e. The molecule has 3 rings (SSSR count). The molecule has 34 heavy (non-hydrogen) atoms. The molecule has 15 atom stereocenters. The van der Waals surface area contributed by atoms with Gasteiger partial charge in [0.1, 0.15) is 61.0 Å². The van der Waals surface area contributed by atoms with Crippen LogP contribution in [-0.4, -0.2) is 156 Å². The maximum atomic E-state index is 11.3. The number of hydrogen-bond donors (Lipinski definition) is 10. The number of aliphatic carboxylic acids is 1. The third kappa shape index (κ3) is 5.20. The third-order valence-electron chi connectivity index (χ3n) is 6.02. The Morgan fingerprint density at radius 2 is 1.26 bits per heavy atom. The zero-order chi connectivity index (χ0) is 25.5. The molecule has 3 heterocycles. The topological polar surface area (TPSA) is 266 Å². The molecule has 198 valence electrons. The molecule has 0 spiro atoms. The largest absolute Gasteiger partial charge is 0.479 e. The Bertz CT molecular complexity index is 681. The van der Waals surface area contributed by atoms with Crippen LogP contribution in [0.4, 0.5) is 0 Å². The van der Waals surface area contributed by atoms with Crippen LogP contribution in [0.25, 0.3) is 0 Å². The van der Waals surface area contributed by atoms with E-state index in [1.807, 2.05) is 0 Å². The van der Waals surface area contributed by atoms with Crippen LogP contribution < -0.4 is 0 Å². The van der Waals surface area contributed by atoms with Gasteiger partial charge in [0.05, 0.1) is 12.7 Å². The minimum absolute atomic E-state index is 0.835. The molecular weight excluding hydrogens is 472 g/mol. The van der Waals surface area contributed by atoms with Gasteiger partial charge < -0.3 is 74.7 Å². The molecule has 0 amide bonds. The number of carbonyl (C=O) groups is 1. The fraction of sp³-hybridized carbons (Fsp3) is 0.944. The first-order valence-corrected chi connectivity index (χ1v) is 10.4. The first kappa shape index (κ1) is 27.5. The van der Waals surface area contributed by atoms with E-state index < -0.39 is 105 Å². The quantitative estimate of drug-likeness (QED) is 0.162. The highest BCUT2D eigenvalue weighted by molar-refractivity contribution is 5.73. The molecule has 16 heteroatoms. The fourth-order valence-electron chi connectivity index (χ4n) is 3.97. The third-order valence-corrected chi connectivity index (χ3v) is 6.02. The van der Waals surface area contributed by atoms with E-state index >= 15 is 0 Å². The summed E-state index contributed by atoms with van der Waals surface area (Å²) < 4.78 is 26.0. The molecule has 0 bridgehead atoms. The van der Waals surface area contributed by atoms with E-state index in [9.17, 15) is 50.8 Å². The smallest absolute Gasteiger partial charge is 0.335 e.